The fourth-order valence-corrected chi connectivity index (χ4v) is 4.09. The zero-order valence-corrected chi connectivity index (χ0v) is 19.3. The number of amides is 1. The lowest BCUT2D eigenvalue weighted by atomic mass is 10.1. The number of nitrogens with zero attached hydrogens (tertiary/aromatic N) is 1. The molecular weight excluding hydrogens is 458 g/mol. The molecule has 2 aromatic heterocycles. The molecule has 2 N–H and O–H groups in total. The molecule has 0 radical (unpaired) electrons. The smallest absolute Gasteiger partial charge is 0.293 e. The molecule has 0 saturated carbocycles. The molecular formula is C25H18ClN3O3S. The van der Waals surface area contributed by atoms with Crippen LogP contribution in [0.1, 0.15) is 21.7 Å². The first-order valence-corrected chi connectivity index (χ1v) is 11.0. The van der Waals surface area contributed by atoms with Crippen LogP contribution in [-0.4, -0.2) is 16.0 Å². The molecule has 2 heterocycles. The van der Waals surface area contributed by atoms with Crippen LogP contribution in [-0.2, 0) is 0 Å². The predicted molar refractivity (Wildman–Crippen MR) is 134 cm³/mol. The number of aromatic nitrogens is 1. The third kappa shape index (κ3) is 3.97. The number of hydrogen-bond donors (Lipinski definition) is 2. The van der Waals surface area contributed by atoms with E-state index in [0.29, 0.717) is 27.6 Å². The topological polar surface area (TPSA) is 80.3 Å². The van der Waals surface area contributed by atoms with E-state index in [1.54, 1.807) is 18.2 Å². The first-order valence-electron chi connectivity index (χ1n) is 10.2. The summed E-state index contributed by atoms with van der Waals surface area (Å²) in [5, 5.41) is 7.42. The highest BCUT2D eigenvalue weighted by Gasteiger charge is 2.19. The number of nitrogens with one attached hydrogen (secondary N) is 2. The summed E-state index contributed by atoms with van der Waals surface area (Å²) in [5.74, 6) is 0.295. The van der Waals surface area contributed by atoms with Gasteiger partial charge in [0.2, 0.25) is 5.89 Å². The van der Waals surface area contributed by atoms with Crippen molar-refractivity contribution in [1.29, 1.82) is 0 Å². The molecule has 3 aromatic carbocycles. The molecule has 1 amide bonds. The normalized spacial score (nSPS) is 11.1. The maximum absolute atomic E-state index is 12.8. The molecule has 6 nitrogen and oxygen atoms in total. The largest absolute Gasteiger partial charge is 0.451 e. The van der Waals surface area contributed by atoms with E-state index in [4.69, 9.17) is 32.7 Å². The number of para-hydroxylation sites is 1. The van der Waals surface area contributed by atoms with E-state index in [2.05, 4.69) is 15.6 Å². The standard InChI is InChI=1S/C25H18ClN3O3S/c1-13-17(24-27-19-12-15(26)10-11-21(19)32-24)7-5-8-18(13)28-25(33)29-23(30)22-14(2)16-6-3-4-9-20(16)31-22/h3-12H,1-2H3,(H2,28,29,30,33). The predicted octanol–water partition coefficient (Wildman–Crippen LogP) is 6.64. The number of anilines is 1. The Morgan fingerprint density at radius 2 is 1.79 bits per heavy atom. The molecule has 0 unspecified atom stereocenters. The first kappa shape index (κ1) is 21.2. The molecule has 0 aliphatic rings. The van der Waals surface area contributed by atoms with Gasteiger partial charge in [-0.2, -0.15) is 0 Å². The van der Waals surface area contributed by atoms with Crippen LogP contribution in [0.2, 0.25) is 5.02 Å². The average molecular weight is 476 g/mol. The molecule has 5 aromatic rings. The second kappa shape index (κ2) is 8.35. The number of oxazole rings is 1. The number of thiocarbonyl (C=S) groups is 1. The summed E-state index contributed by atoms with van der Waals surface area (Å²) in [6.07, 6.45) is 0. The lowest BCUT2D eigenvalue weighted by Gasteiger charge is -2.13. The minimum absolute atomic E-state index is 0.157. The Kier molecular flexibility index (Phi) is 5.36. The van der Waals surface area contributed by atoms with Gasteiger partial charge in [-0.1, -0.05) is 35.9 Å². The number of rotatable bonds is 3. The van der Waals surface area contributed by atoms with Crippen LogP contribution in [0, 0.1) is 13.8 Å². The number of benzene rings is 3. The Morgan fingerprint density at radius 3 is 2.61 bits per heavy atom. The highest BCUT2D eigenvalue weighted by Crippen LogP contribution is 2.31. The molecule has 0 aliphatic heterocycles. The zero-order valence-electron chi connectivity index (χ0n) is 17.7. The molecule has 0 saturated heterocycles. The maximum atomic E-state index is 12.8. The minimum atomic E-state index is -0.411. The van der Waals surface area contributed by atoms with Crippen LogP contribution in [0.4, 0.5) is 5.69 Å². The van der Waals surface area contributed by atoms with E-state index in [-0.39, 0.29) is 10.9 Å². The van der Waals surface area contributed by atoms with Gasteiger partial charge in [0.1, 0.15) is 11.1 Å². The molecule has 0 spiro atoms. The average Bonchev–Trinajstić information content (AvgIpc) is 3.36. The Balaban J connectivity index is 1.37. The summed E-state index contributed by atoms with van der Waals surface area (Å²) in [6.45, 7) is 3.77. The SMILES string of the molecule is Cc1c(NC(=S)NC(=O)c2oc3ccccc3c2C)cccc1-c1nc2cc(Cl)ccc2o1. The molecule has 5 rings (SSSR count). The Labute approximate surface area is 199 Å². The Morgan fingerprint density at radius 1 is 0.970 bits per heavy atom. The van der Waals surface area contributed by atoms with Crippen molar-refractivity contribution in [3.05, 3.63) is 82.6 Å². The van der Waals surface area contributed by atoms with Crippen LogP contribution < -0.4 is 10.6 Å². The molecule has 0 atom stereocenters. The van der Waals surface area contributed by atoms with Crippen molar-refractivity contribution in [2.24, 2.45) is 0 Å². The van der Waals surface area contributed by atoms with Crippen LogP contribution in [0.15, 0.2) is 69.5 Å². The minimum Gasteiger partial charge on any atom is -0.451 e. The molecule has 0 fully saturated rings. The van der Waals surface area contributed by atoms with Crippen LogP contribution in [0.25, 0.3) is 33.5 Å². The van der Waals surface area contributed by atoms with Gasteiger partial charge in [-0.05, 0) is 68.0 Å². The second-order valence-electron chi connectivity index (χ2n) is 7.57. The van der Waals surface area contributed by atoms with Gasteiger partial charge in [0.25, 0.3) is 5.91 Å². The van der Waals surface area contributed by atoms with E-state index in [9.17, 15) is 4.79 Å². The number of furan rings is 1. The van der Waals surface area contributed by atoms with Gasteiger partial charge in [0.15, 0.2) is 16.5 Å². The number of fused-ring (bicyclic) bond motifs is 2. The first-order chi connectivity index (χ1) is 15.9. The maximum Gasteiger partial charge on any atom is 0.293 e. The highest BCUT2D eigenvalue weighted by atomic mass is 35.5. The van der Waals surface area contributed by atoms with Gasteiger partial charge in [-0.15, -0.1) is 0 Å². The Bertz CT molecular complexity index is 1550. The van der Waals surface area contributed by atoms with E-state index in [1.807, 2.05) is 56.3 Å². The number of halogens is 1. The van der Waals surface area contributed by atoms with E-state index >= 15 is 0 Å². The quantitative estimate of drug-likeness (QED) is 0.285. The third-order valence-corrected chi connectivity index (χ3v) is 5.88. The fourth-order valence-electron chi connectivity index (χ4n) is 3.72. The van der Waals surface area contributed by atoms with Gasteiger partial charge in [0.05, 0.1) is 0 Å². The highest BCUT2D eigenvalue weighted by molar-refractivity contribution is 7.80. The monoisotopic (exact) mass is 475 g/mol. The number of carbonyl (C=O) groups is 1. The van der Waals surface area contributed by atoms with Gasteiger partial charge < -0.3 is 14.2 Å². The van der Waals surface area contributed by atoms with Crippen molar-refractivity contribution >= 4 is 62.6 Å². The lowest BCUT2D eigenvalue weighted by Crippen LogP contribution is -2.34. The van der Waals surface area contributed by atoms with Crippen molar-refractivity contribution in [2.45, 2.75) is 13.8 Å². The summed E-state index contributed by atoms with van der Waals surface area (Å²) < 4.78 is 11.6. The van der Waals surface area contributed by atoms with E-state index in [0.717, 1.165) is 27.8 Å². The summed E-state index contributed by atoms with van der Waals surface area (Å²) in [5.41, 5.74) is 5.14. The second-order valence-corrected chi connectivity index (χ2v) is 8.41. The summed E-state index contributed by atoms with van der Waals surface area (Å²) in [6, 6.07) is 18.4. The van der Waals surface area contributed by atoms with Crippen LogP contribution in [0.3, 0.4) is 0 Å². The van der Waals surface area contributed by atoms with Crippen molar-refractivity contribution < 1.29 is 13.6 Å². The van der Waals surface area contributed by atoms with Crippen molar-refractivity contribution in [1.82, 2.24) is 10.3 Å². The van der Waals surface area contributed by atoms with E-state index in [1.165, 1.54) is 0 Å². The van der Waals surface area contributed by atoms with Crippen molar-refractivity contribution in [2.75, 3.05) is 5.32 Å². The van der Waals surface area contributed by atoms with Crippen LogP contribution >= 0.6 is 23.8 Å². The zero-order chi connectivity index (χ0) is 23.1. The third-order valence-electron chi connectivity index (χ3n) is 5.44. The molecule has 0 aliphatic carbocycles. The summed E-state index contributed by atoms with van der Waals surface area (Å²) in [7, 11) is 0. The van der Waals surface area contributed by atoms with Gasteiger partial charge in [-0.3, -0.25) is 10.1 Å². The number of carbonyl (C=O) groups excluding carboxylic acids is 1. The van der Waals surface area contributed by atoms with Gasteiger partial charge in [0, 0.05) is 27.2 Å². The number of aryl methyl sites for hydroxylation is 1. The van der Waals surface area contributed by atoms with E-state index < -0.39 is 5.91 Å². The molecule has 33 heavy (non-hydrogen) atoms. The fraction of sp³-hybridized carbons (Fsp3) is 0.0800. The van der Waals surface area contributed by atoms with Crippen molar-refractivity contribution in [3.63, 3.8) is 0 Å². The molecule has 0 bridgehead atoms. The Hall–Kier alpha value is -3.68. The van der Waals surface area contributed by atoms with Crippen molar-refractivity contribution in [3.8, 4) is 11.5 Å². The van der Waals surface area contributed by atoms with Gasteiger partial charge >= 0.3 is 0 Å². The molecule has 164 valence electrons. The van der Waals surface area contributed by atoms with Gasteiger partial charge in [-0.25, -0.2) is 4.98 Å². The molecule has 8 heteroatoms. The summed E-state index contributed by atoms with van der Waals surface area (Å²) >= 11 is 11.4. The lowest BCUT2D eigenvalue weighted by molar-refractivity contribution is 0.0952. The number of hydrogen-bond acceptors (Lipinski definition) is 5. The summed E-state index contributed by atoms with van der Waals surface area (Å²) in [4.78, 5) is 17.3. The van der Waals surface area contributed by atoms with Crippen LogP contribution in [0.5, 0.6) is 0 Å².